The molecule has 1 nitrogen and oxygen atoms in total. The first kappa shape index (κ1) is 14.5. The van der Waals surface area contributed by atoms with Crippen LogP contribution in [0.25, 0.3) is 0 Å². The minimum Gasteiger partial charge on any atom is -0.388 e. The Morgan fingerprint density at radius 3 is 2.10 bits per heavy atom. The Bertz CT molecular complexity index is 581. The molecule has 2 aromatic carbocycles. The second-order valence-corrected chi connectivity index (χ2v) is 4.40. The molecule has 2 aromatic rings. The fourth-order valence-electron chi connectivity index (χ4n) is 1.90. The molecular formula is C15H12F4O. The van der Waals surface area contributed by atoms with Crippen LogP contribution in [0.1, 0.15) is 29.2 Å². The molecule has 0 aliphatic rings. The van der Waals surface area contributed by atoms with Gasteiger partial charge in [0, 0.05) is 12.0 Å². The molecule has 0 saturated heterocycles. The lowest BCUT2D eigenvalue weighted by atomic mass is 10.00. The van der Waals surface area contributed by atoms with Crippen LogP contribution < -0.4 is 0 Å². The van der Waals surface area contributed by atoms with E-state index < -0.39 is 24.2 Å². The van der Waals surface area contributed by atoms with Crippen molar-refractivity contribution in [3.8, 4) is 0 Å². The smallest absolute Gasteiger partial charge is 0.263 e. The summed E-state index contributed by atoms with van der Waals surface area (Å²) in [5.41, 5.74) is 0.256. The third kappa shape index (κ3) is 3.17. The summed E-state index contributed by atoms with van der Waals surface area (Å²) in [6.45, 7) is 0. The Morgan fingerprint density at radius 2 is 1.50 bits per heavy atom. The van der Waals surface area contributed by atoms with Gasteiger partial charge in [0.05, 0.1) is 6.10 Å². The molecule has 0 saturated carbocycles. The van der Waals surface area contributed by atoms with Crippen LogP contribution >= 0.6 is 0 Å². The molecule has 1 N–H and O–H groups in total. The normalized spacial score (nSPS) is 12.7. The van der Waals surface area contributed by atoms with Gasteiger partial charge in [-0.05, 0) is 17.2 Å². The molecule has 0 bridgehead atoms. The molecule has 5 heteroatoms. The van der Waals surface area contributed by atoms with Gasteiger partial charge in [-0.15, -0.1) is 0 Å². The first-order valence-corrected chi connectivity index (χ1v) is 5.98. The van der Waals surface area contributed by atoms with E-state index in [0.717, 1.165) is 6.07 Å². The van der Waals surface area contributed by atoms with Crippen molar-refractivity contribution in [1.82, 2.24) is 0 Å². The molecule has 20 heavy (non-hydrogen) atoms. The highest BCUT2D eigenvalue weighted by atomic mass is 19.3. The van der Waals surface area contributed by atoms with Crippen LogP contribution in [-0.4, -0.2) is 5.11 Å². The highest BCUT2D eigenvalue weighted by molar-refractivity contribution is 5.27. The lowest BCUT2D eigenvalue weighted by Gasteiger charge is -2.12. The SMILES string of the molecule is OC(Cc1cccc(F)c1F)c1ccc(C(F)F)cc1. The molecule has 0 fully saturated rings. The van der Waals surface area contributed by atoms with E-state index in [1.165, 1.54) is 36.4 Å². The third-order valence-electron chi connectivity index (χ3n) is 3.02. The van der Waals surface area contributed by atoms with Gasteiger partial charge in [0.1, 0.15) is 0 Å². The van der Waals surface area contributed by atoms with Gasteiger partial charge in [0.25, 0.3) is 6.43 Å². The van der Waals surface area contributed by atoms with E-state index in [-0.39, 0.29) is 17.5 Å². The van der Waals surface area contributed by atoms with Crippen LogP contribution in [-0.2, 0) is 6.42 Å². The third-order valence-corrected chi connectivity index (χ3v) is 3.02. The lowest BCUT2D eigenvalue weighted by molar-refractivity contribution is 0.151. The van der Waals surface area contributed by atoms with Gasteiger partial charge in [-0.1, -0.05) is 36.4 Å². The van der Waals surface area contributed by atoms with Gasteiger partial charge in [0.15, 0.2) is 11.6 Å². The van der Waals surface area contributed by atoms with Crippen molar-refractivity contribution in [2.24, 2.45) is 0 Å². The zero-order valence-corrected chi connectivity index (χ0v) is 10.4. The van der Waals surface area contributed by atoms with Gasteiger partial charge in [-0.3, -0.25) is 0 Å². The number of benzene rings is 2. The number of aliphatic hydroxyl groups excluding tert-OH is 1. The number of aliphatic hydroxyl groups is 1. The Kier molecular flexibility index (Phi) is 4.39. The Labute approximate surface area is 113 Å². The molecular weight excluding hydrogens is 272 g/mol. The second kappa shape index (κ2) is 6.05. The van der Waals surface area contributed by atoms with Crippen LogP contribution in [0.15, 0.2) is 42.5 Å². The fourth-order valence-corrected chi connectivity index (χ4v) is 1.90. The summed E-state index contributed by atoms with van der Waals surface area (Å²) in [4.78, 5) is 0. The predicted molar refractivity (Wildman–Crippen MR) is 66.4 cm³/mol. The van der Waals surface area contributed by atoms with Crippen molar-refractivity contribution < 1.29 is 22.7 Å². The highest BCUT2D eigenvalue weighted by Gasteiger charge is 2.15. The molecule has 2 rings (SSSR count). The van der Waals surface area contributed by atoms with Crippen molar-refractivity contribution in [2.45, 2.75) is 19.0 Å². The quantitative estimate of drug-likeness (QED) is 0.835. The Morgan fingerprint density at radius 1 is 0.900 bits per heavy atom. The number of alkyl halides is 2. The molecule has 0 amide bonds. The number of hydrogen-bond donors (Lipinski definition) is 1. The van der Waals surface area contributed by atoms with Crippen molar-refractivity contribution in [2.75, 3.05) is 0 Å². The van der Waals surface area contributed by atoms with E-state index in [9.17, 15) is 22.7 Å². The van der Waals surface area contributed by atoms with Crippen molar-refractivity contribution in [3.05, 3.63) is 70.8 Å². The predicted octanol–water partition coefficient (Wildman–Crippen LogP) is 4.18. The van der Waals surface area contributed by atoms with Gasteiger partial charge in [-0.2, -0.15) is 0 Å². The summed E-state index contributed by atoms with van der Waals surface area (Å²) in [6, 6.07) is 8.81. The van der Waals surface area contributed by atoms with E-state index >= 15 is 0 Å². The molecule has 0 radical (unpaired) electrons. The monoisotopic (exact) mass is 284 g/mol. The van der Waals surface area contributed by atoms with Crippen LogP contribution in [0, 0.1) is 11.6 Å². The number of halogens is 4. The van der Waals surface area contributed by atoms with E-state index in [0.29, 0.717) is 5.56 Å². The minimum atomic E-state index is -2.58. The maximum Gasteiger partial charge on any atom is 0.263 e. The first-order valence-electron chi connectivity index (χ1n) is 5.98. The van der Waals surface area contributed by atoms with E-state index in [1.54, 1.807) is 0 Å². The van der Waals surface area contributed by atoms with Crippen molar-refractivity contribution in [3.63, 3.8) is 0 Å². The highest BCUT2D eigenvalue weighted by Crippen LogP contribution is 2.24. The molecule has 1 atom stereocenters. The van der Waals surface area contributed by atoms with Gasteiger partial charge in [-0.25, -0.2) is 17.6 Å². The summed E-state index contributed by atoms with van der Waals surface area (Å²) in [5.74, 6) is -1.99. The average molecular weight is 284 g/mol. The standard InChI is InChI=1S/C15H12F4O/c16-12-3-1-2-11(14(12)17)8-13(20)9-4-6-10(7-5-9)15(18)19/h1-7,13,15,20H,8H2. The minimum absolute atomic E-state index is 0.0374. The van der Waals surface area contributed by atoms with E-state index in [2.05, 4.69) is 0 Å². The van der Waals surface area contributed by atoms with Crippen LogP contribution in [0.3, 0.4) is 0 Å². The summed E-state index contributed by atoms with van der Waals surface area (Å²) in [5, 5.41) is 9.94. The zero-order chi connectivity index (χ0) is 14.7. The molecule has 0 spiro atoms. The second-order valence-electron chi connectivity index (χ2n) is 4.40. The van der Waals surface area contributed by atoms with Gasteiger partial charge in [0.2, 0.25) is 0 Å². The maximum atomic E-state index is 13.5. The van der Waals surface area contributed by atoms with Crippen LogP contribution in [0.5, 0.6) is 0 Å². The van der Waals surface area contributed by atoms with Crippen LogP contribution in [0.4, 0.5) is 17.6 Å². The summed E-state index contributed by atoms with van der Waals surface area (Å²) in [7, 11) is 0. The molecule has 106 valence electrons. The average Bonchev–Trinajstić information content (AvgIpc) is 2.44. The summed E-state index contributed by atoms with van der Waals surface area (Å²) >= 11 is 0. The van der Waals surface area contributed by atoms with Crippen molar-refractivity contribution >= 4 is 0 Å². The van der Waals surface area contributed by atoms with Gasteiger partial charge < -0.3 is 5.11 Å². The Balaban J connectivity index is 2.15. The summed E-state index contributed by atoms with van der Waals surface area (Å²) < 4.78 is 51.3. The van der Waals surface area contributed by atoms with E-state index in [1.807, 2.05) is 0 Å². The van der Waals surface area contributed by atoms with Gasteiger partial charge >= 0.3 is 0 Å². The lowest BCUT2D eigenvalue weighted by Crippen LogP contribution is -2.04. The largest absolute Gasteiger partial charge is 0.388 e. The Hall–Kier alpha value is -1.88. The zero-order valence-electron chi connectivity index (χ0n) is 10.4. The molecule has 0 aliphatic heterocycles. The van der Waals surface area contributed by atoms with Crippen LogP contribution in [0.2, 0.25) is 0 Å². The molecule has 1 unspecified atom stereocenters. The summed E-state index contributed by atoms with van der Waals surface area (Å²) in [6.07, 6.45) is -3.79. The number of hydrogen-bond acceptors (Lipinski definition) is 1. The number of rotatable bonds is 4. The molecule has 0 heterocycles. The molecule has 0 aliphatic carbocycles. The molecule has 0 aromatic heterocycles. The van der Waals surface area contributed by atoms with E-state index in [4.69, 9.17) is 0 Å². The van der Waals surface area contributed by atoms with Crippen molar-refractivity contribution in [1.29, 1.82) is 0 Å². The fraction of sp³-hybridized carbons (Fsp3) is 0.200. The maximum absolute atomic E-state index is 13.5. The topological polar surface area (TPSA) is 20.2 Å². The first-order chi connectivity index (χ1) is 9.49.